The SMILES string of the molecule is O=S(=O)(Nc1ccc(F)nc1)c1ccc(Cl)s1. The van der Waals surface area contributed by atoms with Crippen LogP contribution < -0.4 is 4.72 Å². The fraction of sp³-hybridized carbons (Fsp3) is 0. The third kappa shape index (κ3) is 2.93. The molecule has 0 unspecified atom stereocenters. The average molecular weight is 293 g/mol. The summed E-state index contributed by atoms with van der Waals surface area (Å²) in [7, 11) is -3.68. The third-order valence-corrected chi connectivity index (χ3v) is 4.90. The van der Waals surface area contributed by atoms with Crippen LogP contribution in [0.5, 0.6) is 0 Å². The van der Waals surface area contributed by atoms with Gasteiger partial charge in [0.2, 0.25) is 5.95 Å². The van der Waals surface area contributed by atoms with Gasteiger partial charge in [0.15, 0.2) is 0 Å². The minimum absolute atomic E-state index is 0.0897. The molecule has 0 atom stereocenters. The predicted molar refractivity (Wildman–Crippen MR) is 64.3 cm³/mol. The number of sulfonamides is 1. The summed E-state index contributed by atoms with van der Waals surface area (Å²) < 4.78 is 38.9. The van der Waals surface area contributed by atoms with Crippen LogP contribution in [0.1, 0.15) is 0 Å². The van der Waals surface area contributed by atoms with E-state index >= 15 is 0 Å². The van der Waals surface area contributed by atoms with Crippen molar-refractivity contribution in [2.45, 2.75) is 4.21 Å². The second-order valence-electron chi connectivity index (χ2n) is 3.03. The van der Waals surface area contributed by atoms with Crippen molar-refractivity contribution in [2.75, 3.05) is 4.72 Å². The van der Waals surface area contributed by atoms with Gasteiger partial charge in [0.05, 0.1) is 16.2 Å². The Bertz CT molecular complexity index is 625. The number of halogens is 2. The molecule has 0 bridgehead atoms. The van der Waals surface area contributed by atoms with Crippen molar-refractivity contribution in [1.29, 1.82) is 0 Å². The molecule has 4 nitrogen and oxygen atoms in total. The molecule has 0 fully saturated rings. The van der Waals surface area contributed by atoms with E-state index in [1.807, 2.05) is 0 Å². The maximum atomic E-state index is 12.5. The van der Waals surface area contributed by atoms with Gasteiger partial charge in [-0.3, -0.25) is 4.72 Å². The Labute approximate surface area is 106 Å². The fourth-order valence-electron chi connectivity index (χ4n) is 1.08. The lowest BCUT2D eigenvalue weighted by molar-refractivity contribution is 0.583. The first-order valence-electron chi connectivity index (χ1n) is 4.37. The summed E-state index contributed by atoms with van der Waals surface area (Å²) in [4.78, 5) is 3.35. The van der Waals surface area contributed by atoms with E-state index in [0.29, 0.717) is 4.34 Å². The summed E-state index contributed by atoms with van der Waals surface area (Å²) in [6.07, 6.45) is 1.10. The standard InChI is InChI=1S/C9H6ClFN2O2S2/c10-7-2-4-9(16-7)17(14,15)13-6-1-3-8(11)12-5-6/h1-5,13H. The van der Waals surface area contributed by atoms with Crippen LogP contribution in [0.3, 0.4) is 0 Å². The molecule has 90 valence electrons. The monoisotopic (exact) mass is 292 g/mol. The fourth-order valence-corrected chi connectivity index (χ4v) is 3.61. The first-order valence-corrected chi connectivity index (χ1v) is 7.05. The van der Waals surface area contributed by atoms with Crippen molar-refractivity contribution in [2.24, 2.45) is 0 Å². The van der Waals surface area contributed by atoms with Crippen LogP contribution in [0.4, 0.5) is 10.1 Å². The molecular formula is C9H6ClFN2O2S2. The van der Waals surface area contributed by atoms with Crippen molar-refractivity contribution < 1.29 is 12.8 Å². The number of nitrogens with zero attached hydrogens (tertiary/aromatic N) is 1. The van der Waals surface area contributed by atoms with Gasteiger partial charge in [0, 0.05) is 0 Å². The van der Waals surface area contributed by atoms with Crippen LogP contribution in [0, 0.1) is 5.95 Å². The molecule has 0 radical (unpaired) electrons. The summed E-state index contributed by atoms with van der Waals surface area (Å²) in [5, 5.41) is 0. The molecule has 0 aromatic carbocycles. The number of pyridine rings is 1. The van der Waals surface area contributed by atoms with Crippen molar-refractivity contribution in [3.05, 3.63) is 40.7 Å². The minimum Gasteiger partial charge on any atom is -0.277 e. The Kier molecular flexibility index (Phi) is 3.32. The highest BCUT2D eigenvalue weighted by molar-refractivity contribution is 7.94. The molecule has 2 aromatic rings. The molecule has 0 saturated heterocycles. The van der Waals surface area contributed by atoms with Gasteiger partial charge in [0.25, 0.3) is 10.0 Å². The molecule has 1 N–H and O–H groups in total. The molecule has 2 rings (SSSR count). The molecule has 2 aromatic heterocycles. The molecule has 0 spiro atoms. The van der Waals surface area contributed by atoms with Gasteiger partial charge in [-0.15, -0.1) is 11.3 Å². The molecule has 0 aliphatic carbocycles. The van der Waals surface area contributed by atoms with E-state index in [-0.39, 0.29) is 9.90 Å². The highest BCUT2D eigenvalue weighted by Crippen LogP contribution is 2.26. The predicted octanol–water partition coefficient (Wildman–Crippen LogP) is 2.74. The zero-order chi connectivity index (χ0) is 12.5. The van der Waals surface area contributed by atoms with Crippen LogP contribution in [0.2, 0.25) is 4.34 Å². The molecule has 0 amide bonds. The zero-order valence-corrected chi connectivity index (χ0v) is 10.6. The quantitative estimate of drug-likeness (QED) is 0.885. The summed E-state index contributed by atoms with van der Waals surface area (Å²) in [5.41, 5.74) is 0.191. The lowest BCUT2D eigenvalue weighted by atomic mass is 10.4. The Hall–Kier alpha value is -1.18. The highest BCUT2D eigenvalue weighted by atomic mass is 35.5. The van der Waals surface area contributed by atoms with Gasteiger partial charge >= 0.3 is 0 Å². The maximum Gasteiger partial charge on any atom is 0.271 e. The Morgan fingerprint density at radius 1 is 1.29 bits per heavy atom. The van der Waals surface area contributed by atoms with Gasteiger partial charge in [0.1, 0.15) is 4.21 Å². The maximum absolute atomic E-state index is 12.5. The minimum atomic E-state index is -3.68. The average Bonchev–Trinajstić information content (AvgIpc) is 2.69. The normalized spacial score (nSPS) is 11.4. The Morgan fingerprint density at radius 2 is 2.06 bits per heavy atom. The van der Waals surface area contributed by atoms with Gasteiger partial charge in [-0.05, 0) is 24.3 Å². The van der Waals surface area contributed by atoms with Crippen LogP contribution >= 0.6 is 22.9 Å². The number of anilines is 1. The highest BCUT2D eigenvalue weighted by Gasteiger charge is 2.16. The van der Waals surface area contributed by atoms with E-state index in [4.69, 9.17) is 11.6 Å². The second-order valence-corrected chi connectivity index (χ2v) is 6.66. The van der Waals surface area contributed by atoms with Crippen LogP contribution in [-0.2, 0) is 10.0 Å². The molecule has 0 aliphatic rings. The van der Waals surface area contributed by atoms with E-state index in [1.165, 1.54) is 18.2 Å². The topological polar surface area (TPSA) is 59.1 Å². The molecular weight excluding hydrogens is 287 g/mol. The van der Waals surface area contributed by atoms with Crippen LogP contribution in [0.25, 0.3) is 0 Å². The van der Waals surface area contributed by atoms with Gasteiger partial charge in [-0.2, -0.15) is 4.39 Å². The number of aromatic nitrogens is 1. The smallest absolute Gasteiger partial charge is 0.271 e. The Balaban J connectivity index is 2.26. The number of hydrogen-bond acceptors (Lipinski definition) is 4. The number of hydrogen-bond donors (Lipinski definition) is 1. The molecule has 2 heterocycles. The lowest BCUT2D eigenvalue weighted by Gasteiger charge is -2.04. The molecule has 0 saturated carbocycles. The first-order chi connectivity index (χ1) is 7.97. The lowest BCUT2D eigenvalue weighted by Crippen LogP contribution is -2.11. The number of thiophene rings is 1. The summed E-state index contributed by atoms with van der Waals surface area (Å²) >= 11 is 6.59. The first kappa shape index (κ1) is 12.3. The number of rotatable bonds is 3. The molecule has 8 heteroatoms. The Morgan fingerprint density at radius 3 is 2.59 bits per heavy atom. The van der Waals surface area contributed by atoms with Crippen LogP contribution in [-0.4, -0.2) is 13.4 Å². The van der Waals surface area contributed by atoms with Crippen molar-refractivity contribution in [3.8, 4) is 0 Å². The van der Waals surface area contributed by atoms with Gasteiger partial charge < -0.3 is 0 Å². The van der Waals surface area contributed by atoms with Gasteiger partial charge in [-0.1, -0.05) is 11.6 Å². The van der Waals surface area contributed by atoms with Crippen molar-refractivity contribution in [1.82, 2.24) is 4.98 Å². The number of nitrogens with one attached hydrogen (secondary N) is 1. The third-order valence-electron chi connectivity index (χ3n) is 1.79. The van der Waals surface area contributed by atoms with E-state index < -0.39 is 16.0 Å². The van der Waals surface area contributed by atoms with Crippen molar-refractivity contribution in [3.63, 3.8) is 0 Å². The van der Waals surface area contributed by atoms with Gasteiger partial charge in [-0.25, -0.2) is 13.4 Å². The zero-order valence-electron chi connectivity index (χ0n) is 8.22. The van der Waals surface area contributed by atoms with E-state index in [2.05, 4.69) is 9.71 Å². The van der Waals surface area contributed by atoms with Crippen molar-refractivity contribution >= 4 is 38.6 Å². The molecule has 17 heavy (non-hydrogen) atoms. The summed E-state index contributed by atoms with van der Waals surface area (Å²) in [5.74, 6) is -0.674. The second kappa shape index (κ2) is 4.59. The van der Waals surface area contributed by atoms with E-state index in [1.54, 1.807) is 0 Å². The van der Waals surface area contributed by atoms with E-state index in [0.717, 1.165) is 23.6 Å². The summed E-state index contributed by atoms with van der Waals surface area (Å²) in [6.45, 7) is 0. The molecule has 0 aliphatic heterocycles. The van der Waals surface area contributed by atoms with Crippen LogP contribution in [0.15, 0.2) is 34.7 Å². The van der Waals surface area contributed by atoms with E-state index in [9.17, 15) is 12.8 Å². The summed E-state index contributed by atoms with van der Waals surface area (Å²) in [6, 6.07) is 5.24. The largest absolute Gasteiger partial charge is 0.277 e.